The van der Waals surface area contributed by atoms with E-state index in [1.165, 1.54) is 12.5 Å². The Labute approximate surface area is 291 Å². The van der Waals surface area contributed by atoms with E-state index in [0.29, 0.717) is 38.4 Å². The van der Waals surface area contributed by atoms with Crippen LogP contribution in [-0.4, -0.2) is 63.5 Å². The van der Waals surface area contributed by atoms with Crippen molar-refractivity contribution < 1.29 is 33.3 Å². The first-order valence-electron chi connectivity index (χ1n) is 17.8. The molecule has 1 aliphatic carbocycles. The first-order valence-corrected chi connectivity index (χ1v) is 17.8. The van der Waals surface area contributed by atoms with Crippen molar-refractivity contribution in [1.82, 2.24) is 19.9 Å². The Morgan fingerprint density at radius 1 is 0.960 bits per heavy atom. The summed E-state index contributed by atoms with van der Waals surface area (Å²) >= 11 is 0. The highest BCUT2D eigenvalue weighted by Gasteiger charge is 2.28. The molecule has 1 saturated carbocycles. The monoisotopic (exact) mass is 680 g/mol. The Hall–Kier alpha value is -4.77. The van der Waals surface area contributed by atoms with Gasteiger partial charge in [0.25, 0.3) is 5.91 Å². The molecule has 5 aliphatic heterocycles. The molecule has 0 spiro atoms. The minimum absolute atomic E-state index is 0.00300. The highest BCUT2D eigenvalue weighted by atomic mass is 16.8. The van der Waals surface area contributed by atoms with Crippen molar-refractivity contribution >= 4 is 29.1 Å². The number of amides is 1. The van der Waals surface area contributed by atoms with Crippen molar-refractivity contribution in [3.05, 3.63) is 93.5 Å². The molecule has 1 amide bonds. The Balaban J connectivity index is 1.17. The second-order valence-corrected chi connectivity index (χ2v) is 13.6. The number of nitrogens with zero attached hydrogens (tertiary/aromatic N) is 4. The second kappa shape index (κ2) is 15.0. The Morgan fingerprint density at radius 3 is 2.60 bits per heavy atom. The Morgan fingerprint density at radius 2 is 1.78 bits per heavy atom. The van der Waals surface area contributed by atoms with E-state index in [1.807, 2.05) is 52.9 Å². The van der Waals surface area contributed by atoms with E-state index >= 15 is 0 Å². The molecule has 2 atom stereocenters. The van der Waals surface area contributed by atoms with Gasteiger partial charge >= 0.3 is 12.1 Å². The van der Waals surface area contributed by atoms with E-state index < -0.39 is 24.3 Å². The van der Waals surface area contributed by atoms with Crippen molar-refractivity contribution in [2.75, 3.05) is 13.2 Å². The zero-order chi connectivity index (χ0) is 34.6. The molecule has 1 aromatic heterocycles. The summed E-state index contributed by atoms with van der Waals surface area (Å²) in [6.07, 6.45) is 4.20. The molecule has 262 valence electrons. The van der Waals surface area contributed by atoms with E-state index in [-0.39, 0.29) is 18.4 Å². The molecular formula is C39H44N4O7. The summed E-state index contributed by atoms with van der Waals surface area (Å²) in [6.45, 7) is 6.27. The molecule has 4 aromatic rings. The van der Waals surface area contributed by atoms with Crippen molar-refractivity contribution in [2.45, 2.75) is 103 Å². The smallest absolute Gasteiger partial charge is 0.431 e. The van der Waals surface area contributed by atoms with Crippen LogP contribution in [-0.2, 0) is 49.9 Å². The fourth-order valence-corrected chi connectivity index (χ4v) is 7.44. The lowest BCUT2D eigenvalue weighted by Crippen LogP contribution is -2.36. The van der Waals surface area contributed by atoms with Crippen LogP contribution in [0.1, 0.15) is 102 Å². The fraction of sp³-hybridized carbons (Fsp3) is 0.462. The third-order valence-electron chi connectivity index (χ3n) is 10.2. The van der Waals surface area contributed by atoms with Gasteiger partial charge in [-0.2, -0.15) is 0 Å². The predicted octanol–water partition coefficient (Wildman–Crippen LogP) is 6.76. The lowest BCUT2D eigenvalue weighted by Gasteiger charge is -2.30. The quantitative estimate of drug-likeness (QED) is 0.166. The van der Waals surface area contributed by atoms with Crippen molar-refractivity contribution in [1.29, 1.82) is 0 Å². The number of rotatable bonds is 5. The van der Waals surface area contributed by atoms with E-state index in [4.69, 9.17) is 18.9 Å². The SMILES string of the molecule is Cc1c2ccc3c1nnn3CCCOCc1ccc(cc1)C(=O)N1CCc3ccc(cc3C1)C2CC(=O)OC(C)OC(=O)OC1CCCCC1. The molecule has 6 aliphatic rings. The number of carbonyl (C=O) groups excluding carboxylic acids is 3. The second-order valence-electron chi connectivity index (χ2n) is 13.6. The van der Waals surface area contributed by atoms with Gasteiger partial charge in [0.05, 0.1) is 18.5 Å². The van der Waals surface area contributed by atoms with Crippen LogP contribution in [0, 0.1) is 6.92 Å². The molecular weight excluding hydrogens is 636 g/mol. The number of aromatic nitrogens is 3. The molecule has 0 N–H and O–H groups in total. The van der Waals surface area contributed by atoms with Gasteiger partial charge in [0.15, 0.2) is 0 Å². The number of ether oxygens (including phenoxy) is 4. The molecule has 11 heteroatoms. The van der Waals surface area contributed by atoms with Gasteiger partial charge in [-0.25, -0.2) is 9.48 Å². The van der Waals surface area contributed by atoms with Gasteiger partial charge in [-0.05, 0) is 97.0 Å². The van der Waals surface area contributed by atoms with Crippen LogP contribution in [0.25, 0.3) is 11.0 Å². The summed E-state index contributed by atoms with van der Waals surface area (Å²) in [5.41, 5.74) is 8.32. The van der Waals surface area contributed by atoms with Gasteiger partial charge in [-0.3, -0.25) is 9.59 Å². The standard InChI is InChI=1S/C39H44N4O7/c1-25-33-15-16-35-37(25)40-41-43(35)18-6-20-47-24-27-9-11-29(12-10-27)38(45)42-19-17-28-13-14-30(21-31(28)23-42)34(33)22-36(44)48-26(2)49-39(46)50-32-7-4-3-5-8-32/h9-16,21,26,32,34H,3-8,17-20,22-24H2,1-2H3. The number of hydrogen-bond acceptors (Lipinski definition) is 9. The number of aryl methyl sites for hydroxylation is 2. The maximum atomic E-state index is 13.6. The van der Waals surface area contributed by atoms with Crippen LogP contribution < -0.4 is 0 Å². The van der Waals surface area contributed by atoms with Gasteiger partial charge in [0, 0.05) is 44.6 Å². The topological polar surface area (TPSA) is 122 Å². The molecule has 10 rings (SSSR count). The van der Waals surface area contributed by atoms with E-state index in [0.717, 1.165) is 83.8 Å². The molecule has 50 heavy (non-hydrogen) atoms. The molecule has 0 radical (unpaired) electrons. The third kappa shape index (κ3) is 7.52. The molecule has 3 aromatic carbocycles. The Kier molecular flexibility index (Phi) is 10.1. The Bertz CT molecular complexity index is 1860. The number of esters is 1. The first kappa shape index (κ1) is 33.7. The summed E-state index contributed by atoms with van der Waals surface area (Å²) in [6, 6.07) is 18.0. The van der Waals surface area contributed by atoms with Gasteiger partial charge in [-0.1, -0.05) is 48.0 Å². The molecule has 0 saturated heterocycles. The van der Waals surface area contributed by atoms with Gasteiger partial charge < -0.3 is 23.8 Å². The molecule has 1 fully saturated rings. The highest BCUT2D eigenvalue weighted by molar-refractivity contribution is 5.94. The highest BCUT2D eigenvalue weighted by Crippen LogP contribution is 2.36. The fourth-order valence-electron chi connectivity index (χ4n) is 7.44. The molecule has 2 unspecified atom stereocenters. The lowest BCUT2D eigenvalue weighted by atomic mass is 9.83. The molecule has 9 bridgehead atoms. The minimum Gasteiger partial charge on any atom is -0.431 e. The van der Waals surface area contributed by atoms with Crippen LogP contribution in [0.15, 0.2) is 54.6 Å². The van der Waals surface area contributed by atoms with Crippen LogP contribution in [0.5, 0.6) is 0 Å². The van der Waals surface area contributed by atoms with E-state index in [1.54, 1.807) is 0 Å². The number of benzene rings is 3. The maximum absolute atomic E-state index is 13.6. The molecule has 11 nitrogen and oxygen atoms in total. The van der Waals surface area contributed by atoms with Crippen molar-refractivity contribution in [3.8, 4) is 0 Å². The van der Waals surface area contributed by atoms with Crippen LogP contribution in [0.4, 0.5) is 4.79 Å². The lowest BCUT2D eigenvalue weighted by molar-refractivity contribution is -0.169. The summed E-state index contributed by atoms with van der Waals surface area (Å²) in [7, 11) is 0. The van der Waals surface area contributed by atoms with E-state index in [9.17, 15) is 14.4 Å². The van der Waals surface area contributed by atoms with Gasteiger partial charge in [-0.15, -0.1) is 5.10 Å². The minimum atomic E-state index is -1.11. The number of hydrogen-bond donors (Lipinski definition) is 0. The van der Waals surface area contributed by atoms with E-state index in [2.05, 4.69) is 28.5 Å². The summed E-state index contributed by atoms with van der Waals surface area (Å²) in [5, 5.41) is 9.00. The summed E-state index contributed by atoms with van der Waals surface area (Å²) in [5.74, 6) is -0.927. The normalized spacial score (nSPS) is 19.0. The number of carbonyl (C=O) groups is 3. The third-order valence-corrected chi connectivity index (χ3v) is 10.2. The van der Waals surface area contributed by atoms with Gasteiger partial charge in [0.1, 0.15) is 11.6 Å². The molecule has 6 heterocycles. The average Bonchev–Trinajstić information content (AvgIpc) is 3.54. The largest absolute Gasteiger partial charge is 0.511 e. The van der Waals surface area contributed by atoms with Crippen LogP contribution >= 0.6 is 0 Å². The average molecular weight is 681 g/mol. The predicted molar refractivity (Wildman–Crippen MR) is 184 cm³/mol. The maximum Gasteiger partial charge on any atom is 0.511 e. The zero-order valence-corrected chi connectivity index (χ0v) is 28.8. The van der Waals surface area contributed by atoms with Crippen LogP contribution in [0.2, 0.25) is 0 Å². The zero-order valence-electron chi connectivity index (χ0n) is 28.8. The summed E-state index contributed by atoms with van der Waals surface area (Å²) in [4.78, 5) is 41.5. The van der Waals surface area contributed by atoms with Crippen LogP contribution in [0.3, 0.4) is 0 Å². The van der Waals surface area contributed by atoms with Crippen molar-refractivity contribution in [2.24, 2.45) is 0 Å². The first-order chi connectivity index (χ1) is 24.3. The van der Waals surface area contributed by atoms with Crippen molar-refractivity contribution in [3.63, 3.8) is 0 Å². The van der Waals surface area contributed by atoms with Gasteiger partial charge in [0.2, 0.25) is 6.29 Å². The summed E-state index contributed by atoms with van der Waals surface area (Å²) < 4.78 is 24.2.